The van der Waals surface area contributed by atoms with Gasteiger partial charge in [0.25, 0.3) is 5.91 Å². The van der Waals surface area contributed by atoms with E-state index < -0.39 is 6.04 Å². The number of hydrogen-bond donors (Lipinski definition) is 2. The highest BCUT2D eigenvalue weighted by Gasteiger charge is 2.24. The van der Waals surface area contributed by atoms with Crippen LogP contribution in [0.4, 0.5) is 0 Å². The van der Waals surface area contributed by atoms with Gasteiger partial charge in [-0.2, -0.15) is 0 Å². The molecule has 0 aliphatic heterocycles. The molecule has 2 N–H and O–H groups in total. The third kappa shape index (κ3) is 6.58. The average molecular weight is 326 g/mol. The lowest BCUT2D eigenvalue weighted by atomic mass is 10.0. The van der Waals surface area contributed by atoms with E-state index in [2.05, 4.69) is 10.6 Å². The first kappa shape index (κ1) is 18.6. The van der Waals surface area contributed by atoms with Gasteiger partial charge in [-0.3, -0.25) is 9.59 Å². The Morgan fingerprint density at radius 2 is 2.00 bits per heavy atom. The highest BCUT2D eigenvalue weighted by molar-refractivity contribution is 7.12. The quantitative estimate of drug-likeness (QED) is 0.685. The normalized spacial score (nSPS) is 12.5. The highest BCUT2D eigenvalue weighted by Crippen LogP contribution is 2.10. The van der Waals surface area contributed by atoms with Crippen LogP contribution < -0.4 is 10.6 Å². The van der Waals surface area contributed by atoms with Gasteiger partial charge in [-0.05, 0) is 37.6 Å². The van der Waals surface area contributed by atoms with Gasteiger partial charge in [-0.1, -0.05) is 19.9 Å². The van der Waals surface area contributed by atoms with Crippen LogP contribution in [0.1, 0.15) is 43.8 Å². The minimum Gasteiger partial charge on any atom is -0.379 e. The van der Waals surface area contributed by atoms with Crippen LogP contribution in [0.15, 0.2) is 17.5 Å². The first-order valence-corrected chi connectivity index (χ1v) is 8.53. The Bertz CT molecular complexity index is 458. The van der Waals surface area contributed by atoms with Crippen LogP contribution in [-0.4, -0.2) is 37.1 Å². The summed E-state index contributed by atoms with van der Waals surface area (Å²) < 4.78 is 5.43. The minimum absolute atomic E-state index is 0.0239. The van der Waals surface area contributed by atoms with Gasteiger partial charge < -0.3 is 15.4 Å². The zero-order valence-electron chi connectivity index (χ0n) is 13.7. The largest absolute Gasteiger partial charge is 0.379 e. The van der Waals surface area contributed by atoms with E-state index in [9.17, 15) is 9.59 Å². The summed E-state index contributed by atoms with van der Waals surface area (Å²) in [5, 5.41) is 7.51. The smallest absolute Gasteiger partial charge is 0.262 e. The van der Waals surface area contributed by atoms with Crippen LogP contribution in [-0.2, 0) is 9.53 Å². The summed E-state index contributed by atoms with van der Waals surface area (Å²) in [6.07, 6.45) is 0.956. The zero-order valence-corrected chi connectivity index (χ0v) is 14.5. The van der Waals surface area contributed by atoms with Gasteiger partial charge in [-0.25, -0.2) is 0 Å². The van der Waals surface area contributed by atoms with E-state index in [0.717, 1.165) is 6.42 Å². The maximum atomic E-state index is 12.2. The molecule has 0 spiro atoms. The Kier molecular flexibility index (Phi) is 8.12. The van der Waals surface area contributed by atoms with Crippen molar-refractivity contribution in [3.8, 4) is 0 Å². The van der Waals surface area contributed by atoms with Gasteiger partial charge in [0, 0.05) is 13.2 Å². The molecule has 2 amide bonds. The van der Waals surface area contributed by atoms with E-state index in [4.69, 9.17) is 4.74 Å². The number of rotatable bonds is 9. The molecule has 0 saturated heterocycles. The molecule has 0 fully saturated rings. The first-order valence-electron chi connectivity index (χ1n) is 7.65. The second-order valence-electron chi connectivity index (χ2n) is 5.74. The van der Waals surface area contributed by atoms with Crippen molar-refractivity contribution in [2.24, 2.45) is 5.92 Å². The predicted molar refractivity (Wildman–Crippen MR) is 89.1 cm³/mol. The first-order chi connectivity index (χ1) is 10.4. The number of carbonyl (C=O) groups is 2. The SMILES string of the molecule is CC(C)OCCCNC(=O)C(NC(=O)c1cccs1)C(C)C. The summed E-state index contributed by atoms with van der Waals surface area (Å²) in [4.78, 5) is 24.9. The molecule has 0 aliphatic rings. The second kappa shape index (κ2) is 9.58. The molecule has 0 aromatic carbocycles. The van der Waals surface area contributed by atoms with Crippen LogP contribution in [0.2, 0.25) is 0 Å². The van der Waals surface area contributed by atoms with Crippen LogP contribution >= 0.6 is 11.3 Å². The van der Waals surface area contributed by atoms with Gasteiger partial charge in [0.1, 0.15) is 6.04 Å². The molecule has 0 radical (unpaired) electrons. The van der Waals surface area contributed by atoms with Gasteiger partial charge in [-0.15, -0.1) is 11.3 Å². The Labute approximate surface area is 136 Å². The van der Waals surface area contributed by atoms with Crippen molar-refractivity contribution in [3.05, 3.63) is 22.4 Å². The van der Waals surface area contributed by atoms with Crippen molar-refractivity contribution < 1.29 is 14.3 Å². The fourth-order valence-electron chi connectivity index (χ4n) is 1.87. The van der Waals surface area contributed by atoms with Gasteiger partial charge in [0.2, 0.25) is 5.91 Å². The number of nitrogens with one attached hydrogen (secondary N) is 2. The lowest BCUT2D eigenvalue weighted by Crippen LogP contribution is -2.49. The molecule has 0 bridgehead atoms. The number of amides is 2. The molecule has 1 rings (SSSR count). The fraction of sp³-hybridized carbons (Fsp3) is 0.625. The fourth-order valence-corrected chi connectivity index (χ4v) is 2.49. The number of thiophene rings is 1. The van der Waals surface area contributed by atoms with E-state index in [1.54, 1.807) is 6.07 Å². The predicted octanol–water partition coefficient (Wildman–Crippen LogP) is 2.43. The molecule has 1 atom stereocenters. The van der Waals surface area contributed by atoms with Crippen molar-refractivity contribution in [1.29, 1.82) is 0 Å². The molecule has 22 heavy (non-hydrogen) atoms. The average Bonchev–Trinajstić information content (AvgIpc) is 2.97. The van der Waals surface area contributed by atoms with Crippen LogP contribution in [0.5, 0.6) is 0 Å². The summed E-state index contributed by atoms with van der Waals surface area (Å²) in [5.41, 5.74) is 0. The molecule has 1 aromatic heterocycles. The standard InChI is InChI=1S/C16H26N2O3S/c1-11(2)14(18-15(19)13-7-5-10-22-13)16(20)17-8-6-9-21-12(3)4/h5,7,10-12,14H,6,8-9H2,1-4H3,(H,17,20)(H,18,19). The van der Waals surface area contributed by atoms with Crippen LogP contribution in [0.3, 0.4) is 0 Å². The minimum atomic E-state index is -0.527. The summed E-state index contributed by atoms with van der Waals surface area (Å²) >= 11 is 1.36. The van der Waals surface area contributed by atoms with Crippen LogP contribution in [0, 0.1) is 5.92 Å². The van der Waals surface area contributed by atoms with Crippen molar-refractivity contribution in [1.82, 2.24) is 10.6 Å². The molecule has 0 saturated carbocycles. The van der Waals surface area contributed by atoms with E-state index in [0.29, 0.717) is 18.0 Å². The molecule has 5 nitrogen and oxygen atoms in total. The maximum absolute atomic E-state index is 12.2. The Morgan fingerprint density at radius 1 is 1.27 bits per heavy atom. The molecule has 124 valence electrons. The van der Waals surface area contributed by atoms with Gasteiger partial charge in [0.05, 0.1) is 11.0 Å². The summed E-state index contributed by atoms with van der Waals surface area (Å²) in [6, 6.07) is 3.04. The van der Waals surface area contributed by atoms with Crippen molar-refractivity contribution >= 4 is 23.2 Å². The zero-order chi connectivity index (χ0) is 16.5. The van der Waals surface area contributed by atoms with Gasteiger partial charge >= 0.3 is 0 Å². The van der Waals surface area contributed by atoms with Crippen molar-refractivity contribution in [2.45, 2.75) is 46.3 Å². The third-order valence-corrected chi connectivity index (χ3v) is 3.92. The monoisotopic (exact) mass is 326 g/mol. The van der Waals surface area contributed by atoms with E-state index in [-0.39, 0.29) is 23.8 Å². The summed E-state index contributed by atoms with van der Waals surface area (Å²) in [7, 11) is 0. The molecule has 6 heteroatoms. The summed E-state index contributed by atoms with van der Waals surface area (Å²) in [6.45, 7) is 8.96. The Balaban J connectivity index is 2.42. The Morgan fingerprint density at radius 3 is 2.55 bits per heavy atom. The molecule has 0 aliphatic carbocycles. The van der Waals surface area contributed by atoms with E-state index >= 15 is 0 Å². The molecule has 1 aromatic rings. The number of hydrogen-bond acceptors (Lipinski definition) is 4. The molecular formula is C16H26N2O3S. The highest BCUT2D eigenvalue weighted by atomic mass is 32.1. The maximum Gasteiger partial charge on any atom is 0.262 e. The van der Waals surface area contributed by atoms with E-state index in [1.165, 1.54) is 11.3 Å². The summed E-state index contributed by atoms with van der Waals surface area (Å²) in [5.74, 6) is -0.327. The topological polar surface area (TPSA) is 67.4 Å². The third-order valence-electron chi connectivity index (χ3n) is 3.05. The molecule has 1 unspecified atom stereocenters. The van der Waals surface area contributed by atoms with Gasteiger partial charge in [0.15, 0.2) is 0 Å². The number of ether oxygens (including phenoxy) is 1. The second-order valence-corrected chi connectivity index (χ2v) is 6.68. The molecule has 1 heterocycles. The lowest BCUT2D eigenvalue weighted by Gasteiger charge is -2.21. The molecular weight excluding hydrogens is 300 g/mol. The number of carbonyl (C=O) groups excluding carboxylic acids is 2. The van der Waals surface area contributed by atoms with Crippen molar-refractivity contribution in [3.63, 3.8) is 0 Å². The Hall–Kier alpha value is -1.40. The lowest BCUT2D eigenvalue weighted by molar-refractivity contribution is -0.124. The van der Waals surface area contributed by atoms with E-state index in [1.807, 2.05) is 39.1 Å². The van der Waals surface area contributed by atoms with Crippen molar-refractivity contribution in [2.75, 3.05) is 13.2 Å². The van der Waals surface area contributed by atoms with Crippen LogP contribution in [0.25, 0.3) is 0 Å².